The number of rotatable bonds is 6. The molecule has 5 nitrogen and oxygen atoms in total. The summed E-state index contributed by atoms with van der Waals surface area (Å²) in [7, 11) is 1.97. The molecule has 1 aliphatic heterocycles. The van der Waals surface area contributed by atoms with Gasteiger partial charge in [-0.2, -0.15) is 0 Å². The molecule has 3 rings (SSSR count). The first kappa shape index (κ1) is 26.6. The molecular formula is C27H37N3O2. The SMILES string of the molecule is C=C/C(=C1\NC=CC(C=O)N1)c1cccc(O)c1.CCC.CCCc1ccccc1NC. The number of benzene rings is 2. The normalized spacial score (nSPS) is 15.4. The van der Waals surface area contributed by atoms with E-state index in [0.717, 1.165) is 23.8 Å². The molecular weight excluding hydrogens is 398 g/mol. The molecule has 5 heteroatoms. The molecule has 2 aromatic carbocycles. The second kappa shape index (κ2) is 15.3. The van der Waals surface area contributed by atoms with Crippen LogP contribution in [0.2, 0.25) is 0 Å². The Bertz CT molecular complexity index is 903. The molecule has 4 N–H and O–H groups in total. The predicted molar refractivity (Wildman–Crippen MR) is 136 cm³/mol. The Balaban J connectivity index is 0.000000312. The summed E-state index contributed by atoms with van der Waals surface area (Å²) < 4.78 is 0. The number of hydrogen-bond donors (Lipinski definition) is 4. The lowest BCUT2D eigenvalue weighted by atomic mass is 10.0. The third-order valence-corrected chi connectivity index (χ3v) is 4.43. The van der Waals surface area contributed by atoms with E-state index in [0.29, 0.717) is 5.82 Å². The lowest BCUT2D eigenvalue weighted by Gasteiger charge is -2.21. The number of allylic oxidation sites excluding steroid dienone is 2. The number of aromatic hydroxyl groups is 1. The van der Waals surface area contributed by atoms with E-state index < -0.39 is 0 Å². The van der Waals surface area contributed by atoms with Gasteiger partial charge in [0, 0.05) is 24.5 Å². The van der Waals surface area contributed by atoms with Crippen LogP contribution in [0.1, 0.15) is 44.7 Å². The molecule has 172 valence electrons. The number of phenols is 1. The molecule has 0 aromatic heterocycles. The van der Waals surface area contributed by atoms with Gasteiger partial charge < -0.3 is 25.9 Å². The van der Waals surface area contributed by atoms with Crippen molar-refractivity contribution in [3.05, 3.63) is 90.4 Å². The molecule has 0 fully saturated rings. The van der Waals surface area contributed by atoms with E-state index in [9.17, 15) is 9.90 Å². The van der Waals surface area contributed by atoms with Crippen molar-refractivity contribution in [3.8, 4) is 5.75 Å². The Kier molecular flexibility index (Phi) is 12.7. The van der Waals surface area contributed by atoms with E-state index in [1.165, 1.54) is 24.1 Å². The van der Waals surface area contributed by atoms with Gasteiger partial charge in [-0.1, -0.05) is 76.6 Å². The highest BCUT2D eigenvalue weighted by Gasteiger charge is 2.13. The standard InChI is InChI=1S/C14H14N2O2.C10H15N.C3H8/c1-2-13(10-4-3-5-12(18)8-10)14-15-7-6-11(9-17)16-14;1-3-6-9-7-4-5-8-10(9)11-2;1-3-2/h2-9,11,15-16,18H,1H2;4-5,7-8,11H,3,6H2,1-2H3;3H2,1-2H3/b14-13-;;. The Morgan fingerprint density at radius 3 is 2.47 bits per heavy atom. The van der Waals surface area contributed by atoms with Crippen LogP contribution in [0.3, 0.4) is 0 Å². The average Bonchev–Trinajstić information content (AvgIpc) is 2.81. The van der Waals surface area contributed by atoms with Crippen molar-refractivity contribution in [2.24, 2.45) is 0 Å². The zero-order valence-electron chi connectivity index (χ0n) is 19.7. The van der Waals surface area contributed by atoms with Gasteiger partial charge in [0.1, 0.15) is 23.9 Å². The van der Waals surface area contributed by atoms with E-state index in [-0.39, 0.29) is 11.8 Å². The van der Waals surface area contributed by atoms with Gasteiger partial charge in [-0.15, -0.1) is 0 Å². The first-order valence-corrected chi connectivity index (χ1v) is 11.1. The zero-order valence-corrected chi connectivity index (χ0v) is 19.7. The second-order valence-electron chi connectivity index (χ2n) is 7.22. The minimum absolute atomic E-state index is 0.186. The molecule has 0 radical (unpaired) electrons. The molecule has 0 spiro atoms. The Hall–Kier alpha value is -3.47. The largest absolute Gasteiger partial charge is 0.508 e. The van der Waals surface area contributed by atoms with Gasteiger partial charge in [0.25, 0.3) is 0 Å². The van der Waals surface area contributed by atoms with Gasteiger partial charge in [-0.05, 0) is 41.8 Å². The lowest BCUT2D eigenvalue weighted by Crippen LogP contribution is -2.37. The van der Waals surface area contributed by atoms with Gasteiger partial charge in [0.05, 0.1) is 0 Å². The van der Waals surface area contributed by atoms with Crippen LogP contribution >= 0.6 is 0 Å². The lowest BCUT2D eigenvalue weighted by molar-refractivity contribution is -0.108. The molecule has 0 aliphatic carbocycles. The summed E-state index contributed by atoms with van der Waals surface area (Å²) in [5.74, 6) is 0.876. The maximum absolute atomic E-state index is 10.8. The number of aldehydes is 1. The molecule has 1 heterocycles. The summed E-state index contributed by atoms with van der Waals surface area (Å²) in [5.41, 5.74) is 4.29. The summed E-state index contributed by atoms with van der Waals surface area (Å²) in [5, 5.41) is 18.7. The van der Waals surface area contributed by atoms with Crippen LogP contribution in [-0.4, -0.2) is 24.5 Å². The summed E-state index contributed by atoms with van der Waals surface area (Å²) in [4.78, 5) is 10.8. The molecule has 1 unspecified atom stereocenters. The van der Waals surface area contributed by atoms with Crippen molar-refractivity contribution in [1.82, 2.24) is 10.6 Å². The van der Waals surface area contributed by atoms with E-state index >= 15 is 0 Å². The van der Waals surface area contributed by atoms with Crippen molar-refractivity contribution in [3.63, 3.8) is 0 Å². The zero-order chi connectivity index (χ0) is 23.8. The fraction of sp³-hybridized carbons (Fsp3) is 0.296. The van der Waals surface area contributed by atoms with Gasteiger partial charge in [0.2, 0.25) is 0 Å². The first-order valence-electron chi connectivity index (χ1n) is 11.1. The molecule has 32 heavy (non-hydrogen) atoms. The number of phenolic OH excluding ortho intramolecular Hbond substituents is 1. The van der Waals surface area contributed by atoms with E-state index in [4.69, 9.17) is 0 Å². The van der Waals surface area contributed by atoms with Crippen molar-refractivity contribution >= 4 is 17.5 Å². The molecule has 0 amide bonds. The minimum Gasteiger partial charge on any atom is -0.508 e. The van der Waals surface area contributed by atoms with Crippen LogP contribution in [0.5, 0.6) is 5.75 Å². The third kappa shape index (κ3) is 8.72. The number of carbonyl (C=O) groups is 1. The van der Waals surface area contributed by atoms with E-state index in [1.54, 1.807) is 36.6 Å². The highest BCUT2D eigenvalue weighted by atomic mass is 16.3. The number of nitrogens with one attached hydrogen (secondary N) is 3. The van der Waals surface area contributed by atoms with Crippen LogP contribution in [-0.2, 0) is 11.2 Å². The Labute approximate surface area is 193 Å². The summed E-state index contributed by atoms with van der Waals surface area (Å²) in [6.07, 6.45) is 9.54. The quantitative estimate of drug-likeness (QED) is 0.443. The predicted octanol–water partition coefficient (Wildman–Crippen LogP) is 5.62. The second-order valence-corrected chi connectivity index (χ2v) is 7.22. The van der Waals surface area contributed by atoms with Crippen molar-refractivity contribution in [2.45, 2.75) is 46.1 Å². The summed E-state index contributed by atoms with van der Waals surface area (Å²) in [6, 6.07) is 14.9. The smallest absolute Gasteiger partial charge is 0.146 e. The van der Waals surface area contributed by atoms with Gasteiger partial charge in [0.15, 0.2) is 0 Å². The van der Waals surface area contributed by atoms with Gasteiger partial charge >= 0.3 is 0 Å². The van der Waals surface area contributed by atoms with Crippen LogP contribution in [0.25, 0.3) is 5.57 Å². The monoisotopic (exact) mass is 435 g/mol. The molecule has 1 atom stereocenters. The summed E-state index contributed by atoms with van der Waals surface area (Å²) >= 11 is 0. The number of para-hydroxylation sites is 1. The first-order chi connectivity index (χ1) is 15.5. The molecule has 2 aromatic rings. The number of carbonyl (C=O) groups excluding carboxylic acids is 1. The maximum atomic E-state index is 10.8. The maximum Gasteiger partial charge on any atom is 0.146 e. The Morgan fingerprint density at radius 2 is 1.88 bits per heavy atom. The van der Waals surface area contributed by atoms with Crippen LogP contribution in [0.4, 0.5) is 5.69 Å². The average molecular weight is 436 g/mol. The fourth-order valence-electron chi connectivity index (χ4n) is 3.02. The van der Waals surface area contributed by atoms with Crippen LogP contribution in [0, 0.1) is 0 Å². The Morgan fingerprint density at radius 1 is 1.16 bits per heavy atom. The summed E-state index contributed by atoms with van der Waals surface area (Å²) in [6.45, 7) is 10.2. The highest BCUT2D eigenvalue weighted by molar-refractivity contribution is 5.77. The van der Waals surface area contributed by atoms with Crippen LogP contribution < -0.4 is 16.0 Å². The number of anilines is 1. The highest BCUT2D eigenvalue weighted by Crippen LogP contribution is 2.22. The molecule has 0 saturated carbocycles. The van der Waals surface area contributed by atoms with E-state index in [2.05, 4.69) is 67.6 Å². The topological polar surface area (TPSA) is 73.4 Å². The van der Waals surface area contributed by atoms with Crippen molar-refractivity contribution in [1.29, 1.82) is 0 Å². The van der Waals surface area contributed by atoms with Gasteiger partial charge in [-0.25, -0.2) is 0 Å². The fourth-order valence-corrected chi connectivity index (χ4v) is 3.02. The molecule has 1 aliphatic rings. The van der Waals surface area contributed by atoms with Crippen molar-refractivity contribution < 1.29 is 9.90 Å². The molecule has 0 saturated heterocycles. The van der Waals surface area contributed by atoms with Crippen LogP contribution in [0.15, 0.2) is 79.3 Å². The number of aryl methyl sites for hydroxylation is 1. The van der Waals surface area contributed by atoms with E-state index in [1.807, 2.05) is 13.1 Å². The number of hydrogen-bond acceptors (Lipinski definition) is 5. The van der Waals surface area contributed by atoms with Crippen molar-refractivity contribution in [2.75, 3.05) is 12.4 Å². The third-order valence-electron chi connectivity index (χ3n) is 4.43. The molecule has 0 bridgehead atoms. The van der Waals surface area contributed by atoms with Gasteiger partial charge in [-0.3, -0.25) is 0 Å². The minimum atomic E-state index is -0.353.